The van der Waals surface area contributed by atoms with Crippen molar-refractivity contribution in [2.24, 2.45) is 5.73 Å². The van der Waals surface area contributed by atoms with Crippen LogP contribution in [0.5, 0.6) is 0 Å². The first-order valence-corrected chi connectivity index (χ1v) is 6.73. The third-order valence-corrected chi connectivity index (χ3v) is 2.97. The Hall–Kier alpha value is -2.25. The van der Waals surface area contributed by atoms with Gasteiger partial charge in [0.25, 0.3) is 0 Å². The van der Waals surface area contributed by atoms with Crippen molar-refractivity contribution in [3.63, 3.8) is 0 Å². The molecule has 2 heterocycles. The molecule has 0 saturated heterocycles. The second-order valence-corrected chi connectivity index (χ2v) is 4.56. The molecule has 112 valence electrons. The van der Waals surface area contributed by atoms with Crippen molar-refractivity contribution in [1.82, 2.24) is 14.8 Å². The molecule has 1 unspecified atom stereocenters. The second kappa shape index (κ2) is 7.51. The van der Waals surface area contributed by atoms with Gasteiger partial charge in [-0.05, 0) is 31.0 Å². The Labute approximate surface area is 123 Å². The number of anilines is 1. The zero-order valence-electron chi connectivity index (χ0n) is 11.9. The van der Waals surface area contributed by atoms with E-state index in [9.17, 15) is 4.79 Å². The van der Waals surface area contributed by atoms with E-state index in [0.717, 1.165) is 6.42 Å². The lowest BCUT2D eigenvalue weighted by Gasteiger charge is -2.14. The average molecular weight is 289 g/mol. The largest absolute Gasteiger partial charge is 0.385 e. The van der Waals surface area contributed by atoms with Crippen LogP contribution in [-0.2, 0) is 9.53 Å². The predicted molar refractivity (Wildman–Crippen MR) is 79.1 cm³/mol. The van der Waals surface area contributed by atoms with Gasteiger partial charge < -0.3 is 15.8 Å². The van der Waals surface area contributed by atoms with E-state index >= 15 is 0 Å². The minimum atomic E-state index is -0.578. The van der Waals surface area contributed by atoms with E-state index in [-0.39, 0.29) is 5.91 Å². The maximum absolute atomic E-state index is 12.1. The van der Waals surface area contributed by atoms with Crippen molar-refractivity contribution >= 4 is 11.6 Å². The first-order chi connectivity index (χ1) is 10.2. The quantitative estimate of drug-likeness (QED) is 0.740. The number of nitrogens with two attached hydrogens (primary N) is 1. The Balaban J connectivity index is 2.04. The molecule has 0 bridgehead atoms. The third kappa shape index (κ3) is 4.11. The molecule has 0 aliphatic carbocycles. The molecular formula is C14H19N5O2. The molecule has 2 rings (SSSR count). The number of nitrogens with one attached hydrogen (secondary N) is 1. The van der Waals surface area contributed by atoms with Crippen molar-refractivity contribution in [3.8, 4) is 5.82 Å². The van der Waals surface area contributed by atoms with Crippen LogP contribution in [0.2, 0.25) is 0 Å². The zero-order chi connectivity index (χ0) is 15.1. The van der Waals surface area contributed by atoms with Gasteiger partial charge in [-0.15, -0.1) is 0 Å². The molecule has 0 saturated carbocycles. The maximum atomic E-state index is 12.1. The zero-order valence-corrected chi connectivity index (χ0v) is 11.9. The second-order valence-electron chi connectivity index (χ2n) is 4.56. The summed E-state index contributed by atoms with van der Waals surface area (Å²) in [5.74, 6) is 0.312. The van der Waals surface area contributed by atoms with Crippen LogP contribution in [0.1, 0.15) is 12.8 Å². The molecule has 1 amide bonds. The number of ether oxygens (including phenoxy) is 1. The average Bonchev–Trinajstić information content (AvgIpc) is 3.02. The molecule has 0 radical (unpaired) electrons. The summed E-state index contributed by atoms with van der Waals surface area (Å²) in [6.45, 7) is 0.590. The molecule has 2 aromatic rings. The van der Waals surface area contributed by atoms with E-state index < -0.39 is 6.04 Å². The maximum Gasteiger partial charge on any atom is 0.241 e. The smallest absolute Gasteiger partial charge is 0.241 e. The topological polar surface area (TPSA) is 95.1 Å². The van der Waals surface area contributed by atoms with Crippen molar-refractivity contribution in [2.75, 3.05) is 19.0 Å². The van der Waals surface area contributed by atoms with Crippen LogP contribution in [0.3, 0.4) is 0 Å². The van der Waals surface area contributed by atoms with E-state index in [4.69, 9.17) is 10.5 Å². The van der Waals surface area contributed by atoms with E-state index in [1.165, 1.54) is 0 Å². The van der Waals surface area contributed by atoms with Crippen molar-refractivity contribution in [1.29, 1.82) is 0 Å². The number of aromatic nitrogens is 3. The molecule has 2 aromatic heterocycles. The molecule has 0 aromatic carbocycles. The Bertz CT molecular complexity index is 571. The van der Waals surface area contributed by atoms with Crippen molar-refractivity contribution < 1.29 is 9.53 Å². The molecule has 0 aliphatic rings. The van der Waals surface area contributed by atoms with Crippen LogP contribution in [0, 0.1) is 0 Å². The Morgan fingerprint density at radius 1 is 1.48 bits per heavy atom. The van der Waals surface area contributed by atoms with E-state index in [1.54, 1.807) is 48.6 Å². The Kier molecular flexibility index (Phi) is 5.42. The Morgan fingerprint density at radius 3 is 3.05 bits per heavy atom. The fourth-order valence-electron chi connectivity index (χ4n) is 1.88. The monoisotopic (exact) mass is 289 g/mol. The highest BCUT2D eigenvalue weighted by Crippen LogP contribution is 2.16. The van der Waals surface area contributed by atoms with Gasteiger partial charge in [0.15, 0.2) is 5.82 Å². The van der Waals surface area contributed by atoms with E-state index in [0.29, 0.717) is 24.5 Å². The minimum Gasteiger partial charge on any atom is -0.385 e. The summed E-state index contributed by atoms with van der Waals surface area (Å²) >= 11 is 0. The summed E-state index contributed by atoms with van der Waals surface area (Å²) < 4.78 is 6.54. The lowest BCUT2D eigenvalue weighted by atomic mass is 10.1. The van der Waals surface area contributed by atoms with Gasteiger partial charge in [0.05, 0.1) is 11.7 Å². The number of hydrogen-bond donors (Lipinski definition) is 2. The van der Waals surface area contributed by atoms with Gasteiger partial charge in [-0.3, -0.25) is 4.79 Å². The third-order valence-electron chi connectivity index (χ3n) is 2.97. The van der Waals surface area contributed by atoms with Crippen LogP contribution in [0.15, 0.2) is 36.8 Å². The summed E-state index contributed by atoms with van der Waals surface area (Å²) in [6.07, 6.45) is 6.36. The molecule has 7 heteroatoms. The summed E-state index contributed by atoms with van der Waals surface area (Å²) in [7, 11) is 1.62. The van der Waals surface area contributed by atoms with Gasteiger partial charge in [0.1, 0.15) is 0 Å². The molecule has 0 spiro atoms. The summed E-state index contributed by atoms with van der Waals surface area (Å²) in [5.41, 5.74) is 6.44. The lowest BCUT2D eigenvalue weighted by molar-refractivity contribution is -0.117. The van der Waals surface area contributed by atoms with Gasteiger partial charge in [-0.1, -0.05) is 0 Å². The van der Waals surface area contributed by atoms with Gasteiger partial charge in [-0.2, -0.15) is 5.10 Å². The molecule has 0 fully saturated rings. The number of pyridine rings is 1. The van der Waals surface area contributed by atoms with Crippen LogP contribution in [0.25, 0.3) is 5.82 Å². The van der Waals surface area contributed by atoms with Gasteiger partial charge in [-0.25, -0.2) is 9.67 Å². The fourth-order valence-corrected chi connectivity index (χ4v) is 1.88. The van der Waals surface area contributed by atoms with Gasteiger partial charge >= 0.3 is 0 Å². The molecule has 0 aliphatic heterocycles. The summed E-state index contributed by atoms with van der Waals surface area (Å²) in [6, 6.07) is 4.73. The van der Waals surface area contributed by atoms with E-state index in [1.807, 2.05) is 0 Å². The highest BCUT2D eigenvalue weighted by Gasteiger charge is 2.15. The van der Waals surface area contributed by atoms with Gasteiger partial charge in [0.2, 0.25) is 5.91 Å². The standard InChI is InChI=1S/C14H19N5O2/c1-21-10-3-5-11(15)14(20)18-12-6-2-7-16-13(12)19-9-4-8-17-19/h2,4,6-9,11H,3,5,10,15H2,1H3,(H,18,20). The number of amides is 1. The number of methoxy groups -OCH3 is 1. The molecule has 21 heavy (non-hydrogen) atoms. The molecular weight excluding hydrogens is 270 g/mol. The number of rotatable bonds is 7. The first-order valence-electron chi connectivity index (χ1n) is 6.73. The number of carbonyl (C=O) groups is 1. The van der Waals surface area contributed by atoms with Crippen molar-refractivity contribution in [3.05, 3.63) is 36.8 Å². The van der Waals surface area contributed by atoms with Gasteiger partial charge in [0, 0.05) is 32.3 Å². The lowest BCUT2D eigenvalue weighted by Crippen LogP contribution is -2.36. The Morgan fingerprint density at radius 2 is 2.33 bits per heavy atom. The van der Waals surface area contributed by atoms with Crippen LogP contribution in [-0.4, -0.2) is 40.4 Å². The SMILES string of the molecule is COCCCC(N)C(=O)Nc1cccnc1-n1cccn1. The summed E-state index contributed by atoms with van der Waals surface area (Å²) in [4.78, 5) is 16.3. The normalized spacial score (nSPS) is 12.1. The highest BCUT2D eigenvalue weighted by atomic mass is 16.5. The fraction of sp³-hybridized carbons (Fsp3) is 0.357. The molecule has 3 N–H and O–H groups in total. The predicted octanol–water partition coefficient (Wildman–Crippen LogP) is 0.960. The number of hydrogen-bond acceptors (Lipinski definition) is 5. The molecule has 7 nitrogen and oxygen atoms in total. The van der Waals surface area contributed by atoms with Crippen LogP contribution >= 0.6 is 0 Å². The summed E-state index contributed by atoms with van der Waals surface area (Å²) in [5, 5.41) is 6.91. The van der Waals surface area contributed by atoms with Crippen molar-refractivity contribution in [2.45, 2.75) is 18.9 Å². The number of carbonyl (C=O) groups excluding carboxylic acids is 1. The van der Waals surface area contributed by atoms with E-state index in [2.05, 4.69) is 15.4 Å². The first kappa shape index (κ1) is 15.1. The highest BCUT2D eigenvalue weighted by molar-refractivity contribution is 5.95. The number of nitrogens with zero attached hydrogens (tertiary/aromatic N) is 3. The van der Waals surface area contributed by atoms with Crippen LogP contribution in [0.4, 0.5) is 5.69 Å². The molecule has 1 atom stereocenters. The minimum absolute atomic E-state index is 0.243. The van der Waals surface area contributed by atoms with Crippen LogP contribution < -0.4 is 11.1 Å².